The van der Waals surface area contributed by atoms with E-state index in [9.17, 15) is 4.79 Å². The highest BCUT2D eigenvalue weighted by Crippen LogP contribution is 2.29. The molecule has 100 valence electrons. The fourth-order valence-electron chi connectivity index (χ4n) is 1.89. The predicted octanol–water partition coefficient (Wildman–Crippen LogP) is 1.53. The van der Waals surface area contributed by atoms with Crippen LogP contribution in [0.25, 0.3) is 0 Å². The van der Waals surface area contributed by atoms with Gasteiger partial charge in [-0.15, -0.1) is 0 Å². The maximum absolute atomic E-state index is 10.5. The van der Waals surface area contributed by atoms with E-state index in [2.05, 4.69) is 5.32 Å². The van der Waals surface area contributed by atoms with Gasteiger partial charge in [0.2, 0.25) is 0 Å². The third-order valence-corrected chi connectivity index (χ3v) is 2.61. The number of carbonyl (C=O) groups is 1. The van der Waals surface area contributed by atoms with Crippen LogP contribution in [0.2, 0.25) is 0 Å². The predicted molar refractivity (Wildman–Crippen MR) is 71.2 cm³/mol. The monoisotopic (exact) mass is 252 g/mol. The van der Waals surface area contributed by atoms with E-state index in [1.54, 1.807) is 7.11 Å². The van der Waals surface area contributed by atoms with Crippen molar-refractivity contribution >= 4 is 11.7 Å². The fourth-order valence-corrected chi connectivity index (χ4v) is 1.89. The number of carboxylic acid groups (broad SMARTS) is 1. The molecule has 0 saturated carbocycles. The van der Waals surface area contributed by atoms with E-state index in [0.717, 1.165) is 22.6 Å². The molecule has 1 aromatic carbocycles. The molecule has 18 heavy (non-hydrogen) atoms. The number of hydrogen-bond acceptors (Lipinski definition) is 4. The van der Waals surface area contributed by atoms with Crippen LogP contribution in [-0.4, -0.2) is 30.8 Å². The summed E-state index contributed by atoms with van der Waals surface area (Å²) in [5.74, 6) is -0.125. The Bertz CT molecular complexity index is 432. The number of anilines is 1. The number of rotatable bonds is 6. The number of methoxy groups -OCH3 is 1. The molecule has 0 aliphatic heterocycles. The van der Waals surface area contributed by atoms with Gasteiger partial charge in [-0.1, -0.05) is 6.07 Å². The summed E-state index contributed by atoms with van der Waals surface area (Å²) in [5, 5.41) is 11.8. The molecule has 1 atom stereocenters. The zero-order valence-electron chi connectivity index (χ0n) is 11.0. The summed E-state index contributed by atoms with van der Waals surface area (Å²) < 4.78 is 5.32. The minimum absolute atomic E-state index is 0.0554. The SMILES string of the molecule is COc1c(C)cc(C)cc1NCC(N)CC(=O)O. The van der Waals surface area contributed by atoms with E-state index in [4.69, 9.17) is 15.6 Å². The van der Waals surface area contributed by atoms with Gasteiger partial charge in [-0.05, 0) is 31.0 Å². The lowest BCUT2D eigenvalue weighted by Crippen LogP contribution is -2.31. The third-order valence-electron chi connectivity index (χ3n) is 2.61. The zero-order chi connectivity index (χ0) is 13.7. The van der Waals surface area contributed by atoms with Gasteiger partial charge in [0.25, 0.3) is 0 Å². The van der Waals surface area contributed by atoms with Crippen LogP contribution in [-0.2, 0) is 4.79 Å². The second-order valence-electron chi connectivity index (χ2n) is 4.40. The smallest absolute Gasteiger partial charge is 0.304 e. The second kappa shape index (κ2) is 6.26. The number of aliphatic carboxylic acids is 1. The van der Waals surface area contributed by atoms with Gasteiger partial charge in [0.05, 0.1) is 19.2 Å². The van der Waals surface area contributed by atoms with Crippen LogP contribution >= 0.6 is 0 Å². The van der Waals surface area contributed by atoms with Gasteiger partial charge in [-0.2, -0.15) is 0 Å². The molecular weight excluding hydrogens is 232 g/mol. The fraction of sp³-hybridized carbons (Fsp3) is 0.462. The third kappa shape index (κ3) is 3.92. The van der Waals surface area contributed by atoms with Crippen molar-refractivity contribution in [1.29, 1.82) is 0 Å². The summed E-state index contributed by atoms with van der Waals surface area (Å²) in [6, 6.07) is 3.56. The Hall–Kier alpha value is -1.75. The first-order valence-electron chi connectivity index (χ1n) is 5.80. The first-order chi connectivity index (χ1) is 8.43. The van der Waals surface area contributed by atoms with Crippen molar-refractivity contribution < 1.29 is 14.6 Å². The molecule has 0 bridgehead atoms. The number of nitrogens with two attached hydrogens (primary N) is 1. The summed E-state index contributed by atoms with van der Waals surface area (Å²) >= 11 is 0. The maximum atomic E-state index is 10.5. The molecule has 0 saturated heterocycles. The Morgan fingerprint density at radius 1 is 1.50 bits per heavy atom. The first-order valence-corrected chi connectivity index (χ1v) is 5.80. The molecule has 5 nitrogen and oxygen atoms in total. The molecule has 1 rings (SSSR count). The molecule has 1 unspecified atom stereocenters. The van der Waals surface area contributed by atoms with Gasteiger partial charge in [0, 0.05) is 12.6 Å². The van der Waals surface area contributed by atoms with Gasteiger partial charge >= 0.3 is 5.97 Å². The van der Waals surface area contributed by atoms with Crippen molar-refractivity contribution in [1.82, 2.24) is 0 Å². The van der Waals surface area contributed by atoms with Crippen LogP contribution in [0.1, 0.15) is 17.5 Å². The topological polar surface area (TPSA) is 84.6 Å². The van der Waals surface area contributed by atoms with E-state index in [-0.39, 0.29) is 6.42 Å². The van der Waals surface area contributed by atoms with Crippen molar-refractivity contribution in [2.45, 2.75) is 26.3 Å². The summed E-state index contributed by atoms with van der Waals surface area (Å²) in [7, 11) is 1.61. The average molecular weight is 252 g/mol. The highest BCUT2D eigenvalue weighted by Gasteiger charge is 2.11. The number of hydrogen-bond donors (Lipinski definition) is 3. The molecular formula is C13H20N2O3. The van der Waals surface area contributed by atoms with Crippen LogP contribution in [0, 0.1) is 13.8 Å². The molecule has 0 fully saturated rings. The Kier molecular flexibility index (Phi) is 4.97. The summed E-state index contributed by atoms with van der Waals surface area (Å²) in [6.45, 7) is 4.36. The molecule has 0 radical (unpaired) electrons. The number of aryl methyl sites for hydroxylation is 2. The molecule has 0 aromatic heterocycles. The van der Waals surface area contributed by atoms with E-state index in [0.29, 0.717) is 6.54 Å². The van der Waals surface area contributed by atoms with Gasteiger partial charge in [-0.3, -0.25) is 4.79 Å². The van der Waals surface area contributed by atoms with E-state index < -0.39 is 12.0 Å². The van der Waals surface area contributed by atoms with E-state index >= 15 is 0 Å². The standard InChI is InChI=1S/C13H20N2O3/c1-8-4-9(2)13(18-3)11(5-8)15-7-10(14)6-12(16)17/h4-5,10,15H,6-7,14H2,1-3H3,(H,16,17). The van der Waals surface area contributed by atoms with Crippen LogP contribution in [0.3, 0.4) is 0 Å². The molecule has 4 N–H and O–H groups in total. The number of carboxylic acids is 1. The lowest BCUT2D eigenvalue weighted by atomic mass is 10.1. The van der Waals surface area contributed by atoms with Crippen LogP contribution in [0.4, 0.5) is 5.69 Å². The van der Waals surface area contributed by atoms with E-state index in [1.165, 1.54) is 0 Å². The van der Waals surface area contributed by atoms with Crippen molar-refractivity contribution in [3.63, 3.8) is 0 Å². The molecule has 5 heteroatoms. The van der Waals surface area contributed by atoms with Gasteiger partial charge in [0.1, 0.15) is 5.75 Å². The van der Waals surface area contributed by atoms with Crippen molar-refractivity contribution in [3.05, 3.63) is 23.3 Å². The molecule has 0 aliphatic carbocycles. The molecule has 0 aliphatic rings. The summed E-state index contributed by atoms with van der Waals surface area (Å²) in [6.07, 6.45) is -0.0554. The Morgan fingerprint density at radius 2 is 2.17 bits per heavy atom. The molecule has 0 amide bonds. The largest absolute Gasteiger partial charge is 0.494 e. The summed E-state index contributed by atoms with van der Waals surface area (Å²) in [5.41, 5.74) is 8.70. The normalized spacial score (nSPS) is 12.0. The highest BCUT2D eigenvalue weighted by atomic mass is 16.5. The number of benzene rings is 1. The van der Waals surface area contributed by atoms with E-state index in [1.807, 2.05) is 26.0 Å². The lowest BCUT2D eigenvalue weighted by Gasteiger charge is -2.16. The first kappa shape index (κ1) is 14.3. The quantitative estimate of drug-likeness (QED) is 0.715. The molecule has 1 aromatic rings. The van der Waals surface area contributed by atoms with Crippen LogP contribution in [0.15, 0.2) is 12.1 Å². The lowest BCUT2D eigenvalue weighted by molar-refractivity contribution is -0.137. The van der Waals surface area contributed by atoms with Crippen LogP contribution in [0.5, 0.6) is 5.75 Å². The minimum Gasteiger partial charge on any atom is -0.494 e. The molecule has 0 spiro atoms. The van der Waals surface area contributed by atoms with Gasteiger partial charge < -0.3 is 20.9 Å². The van der Waals surface area contributed by atoms with Crippen LogP contribution < -0.4 is 15.8 Å². The van der Waals surface area contributed by atoms with Crippen molar-refractivity contribution in [2.24, 2.45) is 5.73 Å². The van der Waals surface area contributed by atoms with Crippen molar-refractivity contribution in [2.75, 3.05) is 19.0 Å². The Balaban J connectivity index is 2.75. The summed E-state index contributed by atoms with van der Waals surface area (Å²) in [4.78, 5) is 10.5. The minimum atomic E-state index is -0.892. The zero-order valence-corrected chi connectivity index (χ0v) is 11.0. The second-order valence-corrected chi connectivity index (χ2v) is 4.40. The number of ether oxygens (including phenoxy) is 1. The Morgan fingerprint density at radius 3 is 2.72 bits per heavy atom. The van der Waals surface area contributed by atoms with Gasteiger partial charge in [0.15, 0.2) is 0 Å². The maximum Gasteiger partial charge on any atom is 0.304 e. The van der Waals surface area contributed by atoms with Gasteiger partial charge in [-0.25, -0.2) is 0 Å². The van der Waals surface area contributed by atoms with Crippen molar-refractivity contribution in [3.8, 4) is 5.75 Å². The average Bonchev–Trinajstić information content (AvgIpc) is 2.24. The molecule has 0 heterocycles. The Labute approximate surface area is 107 Å². The number of nitrogens with one attached hydrogen (secondary N) is 1. The highest BCUT2D eigenvalue weighted by molar-refractivity contribution is 5.68.